The normalized spacial score (nSPS) is 19.0. The molecular formula is C19H27N. The molecule has 0 aliphatic heterocycles. The molecule has 108 valence electrons. The van der Waals surface area contributed by atoms with Crippen LogP contribution in [0.4, 0.5) is 5.69 Å². The summed E-state index contributed by atoms with van der Waals surface area (Å²) in [5.41, 5.74) is 12.8. The summed E-state index contributed by atoms with van der Waals surface area (Å²) in [6.45, 7) is 13.8. The van der Waals surface area contributed by atoms with Crippen LogP contribution in [-0.2, 0) is 0 Å². The minimum atomic E-state index is 0.148. The molecule has 0 radical (unpaired) electrons. The van der Waals surface area contributed by atoms with Gasteiger partial charge in [0.15, 0.2) is 0 Å². The zero-order valence-electron chi connectivity index (χ0n) is 13.7. The standard InChI is InChI=1S/C19H27N/c1-13-10-15(18(2,3)4)12-19(5,6)17(13)14-8-7-9-16(20)11-14/h7-11H,12,20H2,1-6H3. The Kier molecular flexibility index (Phi) is 3.58. The molecule has 1 aromatic carbocycles. The van der Waals surface area contributed by atoms with Crippen LogP contribution >= 0.6 is 0 Å². The Balaban J connectivity index is 2.58. The number of benzene rings is 1. The molecule has 0 saturated carbocycles. The highest BCUT2D eigenvalue weighted by molar-refractivity contribution is 5.77. The molecule has 0 unspecified atom stereocenters. The van der Waals surface area contributed by atoms with E-state index in [0.29, 0.717) is 0 Å². The molecule has 0 atom stereocenters. The Labute approximate surface area is 123 Å². The minimum Gasteiger partial charge on any atom is -0.399 e. The minimum absolute atomic E-state index is 0.148. The number of hydrogen-bond donors (Lipinski definition) is 1. The molecule has 1 heteroatoms. The van der Waals surface area contributed by atoms with E-state index in [9.17, 15) is 0 Å². The van der Waals surface area contributed by atoms with Gasteiger partial charge in [-0.05, 0) is 53.0 Å². The fourth-order valence-corrected chi connectivity index (χ4v) is 3.28. The summed E-state index contributed by atoms with van der Waals surface area (Å²) in [6, 6.07) is 8.26. The second kappa shape index (κ2) is 4.80. The molecule has 1 nitrogen and oxygen atoms in total. The van der Waals surface area contributed by atoms with E-state index in [1.54, 1.807) is 0 Å². The number of allylic oxidation sites excluding steroid dienone is 4. The zero-order chi connectivity index (χ0) is 15.1. The summed E-state index contributed by atoms with van der Waals surface area (Å²) < 4.78 is 0. The van der Waals surface area contributed by atoms with Crippen molar-refractivity contribution in [1.82, 2.24) is 0 Å². The molecule has 2 rings (SSSR count). The van der Waals surface area contributed by atoms with Crippen molar-refractivity contribution in [2.75, 3.05) is 5.73 Å². The van der Waals surface area contributed by atoms with Gasteiger partial charge in [0.1, 0.15) is 0 Å². The Morgan fingerprint density at radius 2 is 1.80 bits per heavy atom. The number of rotatable bonds is 1. The summed E-state index contributed by atoms with van der Waals surface area (Å²) in [7, 11) is 0. The predicted octanol–water partition coefficient (Wildman–Crippen LogP) is 5.44. The lowest BCUT2D eigenvalue weighted by molar-refractivity contribution is 0.401. The van der Waals surface area contributed by atoms with Crippen LogP contribution in [0.15, 0.2) is 41.5 Å². The Bertz CT molecular complexity index is 580. The fourth-order valence-electron chi connectivity index (χ4n) is 3.28. The lowest BCUT2D eigenvalue weighted by Crippen LogP contribution is -2.24. The van der Waals surface area contributed by atoms with Crippen molar-refractivity contribution in [3.63, 3.8) is 0 Å². The predicted molar refractivity (Wildman–Crippen MR) is 89.4 cm³/mol. The summed E-state index contributed by atoms with van der Waals surface area (Å²) in [4.78, 5) is 0. The topological polar surface area (TPSA) is 26.0 Å². The van der Waals surface area contributed by atoms with Gasteiger partial charge in [0, 0.05) is 5.69 Å². The highest BCUT2D eigenvalue weighted by Gasteiger charge is 2.33. The molecule has 0 amide bonds. The molecule has 2 N–H and O–H groups in total. The van der Waals surface area contributed by atoms with E-state index in [2.05, 4.69) is 59.8 Å². The van der Waals surface area contributed by atoms with Gasteiger partial charge in [0.05, 0.1) is 0 Å². The average molecular weight is 269 g/mol. The molecular weight excluding hydrogens is 242 g/mol. The largest absolute Gasteiger partial charge is 0.399 e. The Morgan fingerprint density at radius 3 is 2.30 bits per heavy atom. The van der Waals surface area contributed by atoms with Crippen LogP contribution in [0.25, 0.3) is 5.57 Å². The number of nitrogens with two attached hydrogens (primary N) is 1. The first-order valence-electron chi connectivity index (χ1n) is 7.39. The first kappa shape index (κ1) is 14.9. The van der Waals surface area contributed by atoms with Crippen molar-refractivity contribution < 1.29 is 0 Å². The van der Waals surface area contributed by atoms with Crippen LogP contribution in [0.1, 0.15) is 53.5 Å². The van der Waals surface area contributed by atoms with Crippen LogP contribution in [0.2, 0.25) is 0 Å². The molecule has 0 spiro atoms. The van der Waals surface area contributed by atoms with Gasteiger partial charge in [-0.1, -0.05) is 58.4 Å². The van der Waals surface area contributed by atoms with Crippen molar-refractivity contribution in [2.45, 2.75) is 48.0 Å². The molecule has 1 aliphatic rings. The van der Waals surface area contributed by atoms with E-state index in [-0.39, 0.29) is 10.8 Å². The van der Waals surface area contributed by atoms with Gasteiger partial charge in [-0.15, -0.1) is 0 Å². The van der Waals surface area contributed by atoms with Crippen LogP contribution in [0.3, 0.4) is 0 Å². The highest BCUT2D eigenvalue weighted by Crippen LogP contribution is 2.49. The molecule has 1 aromatic rings. The molecule has 0 aromatic heterocycles. The first-order chi connectivity index (χ1) is 9.11. The number of hydrogen-bond acceptors (Lipinski definition) is 1. The quantitative estimate of drug-likeness (QED) is 0.674. The van der Waals surface area contributed by atoms with Crippen molar-refractivity contribution in [3.8, 4) is 0 Å². The molecule has 0 saturated heterocycles. The van der Waals surface area contributed by atoms with Crippen LogP contribution in [-0.4, -0.2) is 0 Å². The van der Waals surface area contributed by atoms with Crippen molar-refractivity contribution >= 4 is 11.3 Å². The third kappa shape index (κ3) is 2.82. The summed E-state index contributed by atoms with van der Waals surface area (Å²) in [5.74, 6) is 0. The fraction of sp³-hybridized carbons (Fsp3) is 0.474. The van der Waals surface area contributed by atoms with Crippen LogP contribution < -0.4 is 5.73 Å². The SMILES string of the molecule is CC1=C(c2cccc(N)c2)C(C)(C)CC(C(C)(C)C)=C1. The van der Waals surface area contributed by atoms with Gasteiger partial charge in [-0.2, -0.15) is 0 Å². The molecule has 0 bridgehead atoms. The summed E-state index contributed by atoms with van der Waals surface area (Å²) in [6.07, 6.45) is 3.49. The second-order valence-electron chi connectivity index (χ2n) is 7.66. The maximum Gasteiger partial charge on any atom is 0.0320 e. The van der Waals surface area contributed by atoms with E-state index in [4.69, 9.17) is 5.73 Å². The molecule has 20 heavy (non-hydrogen) atoms. The maximum atomic E-state index is 5.96. The Morgan fingerprint density at radius 1 is 1.15 bits per heavy atom. The van der Waals surface area contributed by atoms with E-state index in [1.807, 2.05) is 12.1 Å². The first-order valence-corrected chi connectivity index (χ1v) is 7.39. The molecule has 0 fully saturated rings. The van der Waals surface area contributed by atoms with Crippen molar-refractivity contribution in [2.24, 2.45) is 10.8 Å². The third-order valence-electron chi connectivity index (χ3n) is 4.23. The lowest BCUT2D eigenvalue weighted by Gasteiger charge is -2.39. The van der Waals surface area contributed by atoms with Crippen LogP contribution in [0, 0.1) is 10.8 Å². The van der Waals surface area contributed by atoms with Gasteiger partial charge in [-0.25, -0.2) is 0 Å². The smallest absolute Gasteiger partial charge is 0.0320 e. The lowest BCUT2D eigenvalue weighted by atomic mass is 9.66. The maximum absolute atomic E-state index is 5.96. The monoisotopic (exact) mass is 269 g/mol. The zero-order valence-corrected chi connectivity index (χ0v) is 13.7. The van der Waals surface area contributed by atoms with Crippen LogP contribution in [0.5, 0.6) is 0 Å². The van der Waals surface area contributed by atoms with Gasteiger partial charge in [0.25, 0.3) is 0 Å². The summed E-state index contributed by atoms with van der Waals surface area (Å²) in [5, 5.41) is 0. The summed E-state index contributed by atoms with van der Waals surface area (Å²) >= 11 is 0. The van der Waals surface area contributed by atoms with E-state index >= 15 is 0 Å². The number of anilines is 1. The average Bonchev–Trinajstić information content (AvgIpc) is 2.25. The van der Waals surface area contributed by atoms with E-state index < -0.39 is 0 Å². The highest BCUT2D eigenvalue weighted by atomic mass is 14.5. The van der Waals surface area contributed by atoms with Gasteiger partial charge in [0.2, 0.25) is 0 Å². The van der Waals surface area contributed by atoms with Gasteiger partial charge in [-0.3, -0.25) is 0 Å². The van der Waals surface area contributed by atoms with E-state index in [1.165, 1.54) is 22.3 Å². The van der Waals surface area contributed by atoms with E-state index in [0.717, 1.165) is 12.1 Å². The van der Waals surface area contributed by atoms with Crippen molar-refractivity contribution in [3.05, 3.63) is 47.1 Å². The Hall–Kier alpha value is -1.50. The molecule has 0 heterocycles. The second-order valence-corrected chi connectivity index (χ2v) is 7.66. The van der Waals surface area contributed by atoms with Gasteiger partial charge < -0.3 is 5.73 Å². The molecule has 1 aliphatic carbocycles. The van der Waals surface area contributed by atoms with Gasteiger partial charge >= 0.3 is 0 Å². The van der Waals surface area contributed by atoms with Crippen molar-refractivity contribution in [1.29, 1.82) is 0 Å². The number of nitrogen functional groups attached to an aromatic ring is 1. The third-order valence-corrected chi connectivity index (χ3v) is 4.23.